The van der Waals surface area contributed by atoms with Crippen LogP contribution in [-0.2, 0) is 9.68 Å². The molecule has 3 nitrogen and oxygen atoms in total. The minimum Gasteiger partial charge on any atom is -0.287 e. The summed E-state index contributed by atoms with van der Waals surface area (Å²) in [6.07, 6.45) is 0. The van der Waals surface area contributed by atoms with Gasteiger partial charge in [0.05, 0.1) is 5.41 Å². The fourth-order valence-corrected chi connectivity index (χ4v) is 0.687. The molecule has 0 N–H and O–H groups in total. The van der Waals surface area contributed by atoms with E-state index >= 15 is 0 Å². The average Bonchev–Trinajstić information content (AvgIpc) is 2.14. The lowest BCUT2D eigenvalue weighted by molar-refractivity contribution is -0.223. The van der Waals surface area contributed by atoms with Gasteiger partial charge in [-0.2, -0.15) is 0 Å². The zero-order valence-electron chi connectivity index (χ0n) is 8.61. The van der Waals surface area contributed by atoms with Crippen LogP contribution in [0, 0.1) is 5.41 Å². The summed E-state index contributed by atoms with van der Waals surface area (Å²) >= 11 is 0. The summed E-state index contributed by atoms with van der Waals surface area (Å²) < 4.78 is 0. The fraction of sp³-hybridized carbons (Fsp3) is 0.364. The second kappa shape index (κ2) is 4.13. The van der Waals surface area contributed by atoms with Gasteiger partial charge >= 0.3 is 5.97 Å². The zero-order chi connectivity index (χ0) is 10.6. The summed E-state index contributed by atoms with van der Waals surface area (Å²) in [5, 5.41) is 0. The Morgan fingerprint density at radius 3 is 2.21 bits per heavy atom. The predicted molar refractivity (Wildman–Crippen MR) is 52.6 cm³/mol. The standard InChI is InChI=1S/C11H14O3/c1-11(2,3)10(12)14-13-9-7-5-4-6-8-9/h4-8H,1-3H3. The molecule has 1 aromatic rings. The number of hydrogen-bond donors (Lipinski definition) is 0. The van der Waals surface area contributed by atoms with Gasteiger partial charge < -0.3 is 0 Å². The van der Waals surface area contributed by atoms with E-state index in [9.17, 15) is 4.79 Å². The van der Waals surface area contributed by atoms with Crippen molar-refractivity contribution in [3.05, 3.63) is 30.3 Å². The SMILES string of the molecule is CC(C)(C)C(=O)OOc1ccccc1. The quantitative estimate of drug-likeness (QED) is 0.536. The highest BCUT2D eigenvalue weighted by Crippen LogP contribution is 2.17. The molecule has 1 rings (SSSR count). The Labute approximate surface area is 83.6 Å². The molecule has 0 saturated heterocycles. The molecular formula is C11H14O3. The van der Waals surface area contributed by atoms with Crippen LogP contribution in [0.25, 0.3) is 0 Å². The van der Waals surface area contributed by atoms with Gasteiger partial charge in [-0.1, -0.05) is 18.2 Å². The minimum atomic E-state index is -0.547. The van der Waals surface area contributed by atoms with Crippen molar-refractivity contribution in [2.24, 2.45) is 5.41 Å². The van der Waals surface area contributed by atoms with Crippen LogP contribution < -0.4 is 4.89 Å². The highest BCUT2D eigenvalue weighted by molar-refractivity contribution is 5.74. The Bertz CT molecular complexity index is 298. The lowest BCUT2D eigenvalue weighted by atomic mass is 9.98. The van der Waals surface area contributed by atoms with Gasteiger partial charge in [0.15, 0.2) is 5.75 Å². The van der Waals surface area contributed by atoms with Crippen molar-refractivity contribution in [1.29, 1.82) is 0 Å². The maximum atomic E-state index is 11.3. The lowest BCUT2D eigenvalue weighted by Gasteiger charge is -2.14. The normalized spacial score (nSPS) is 10.8. The largest absolute Gasteiger partial charge is 0.360 e. The van der Waals surface area contributed by atoms with Crippen molar-refractivity contribution < 1.29 is 14.6 Å². The average molecular weight is 194 g/mol. The summed E-state index contributed by atoms with van der Waals surface area (Å²) in [4.78, 5) is 20.8. The van der Waals surface area contributed by atoms with E-state index in [1.54, 1.807) is 45.0 Å². The monoisotopic (exact) mass is 194 g/mol. The van der Waals surface area contributed by atoms with E-state index in [-0.39, 0.29) is 5.97 Å². The molecule has 0 atom stereocenters. The van der Waals surface area contributed by atoms with E-state index in [1.165, 1.54) is 0 Å². The topological polar surface area (TPSA) is 35.5 Å². The van der Waals surface area contributed by atoms with Gasteiger partial charge in [0.1, 0.15) is 0 Å². The Morgan fingerprint density at radius 2 is 1.71 bits per heavy atom. The molecule has 76 valence electrons. The molecule has 0 heterocycles. The minimum absolute atomic E-state index is 0.388. The summed E-state index contributed by atoms with van der Waals surface area (Å²) in [5.41, 5.74) is -0.547. The summed E-state index contributed by atoms with van der Waals surface area (Å²) in [6.45, 7) is 5.30. The Kier molecular flexibility index (Phi) is 3.12. The van der Waals surface area contributed by atoms with Crippen LogP contribution in [-0.4, -0.2) is 5.97 Å². The summed E-state index contributed by atoms with van der Waals surface area (Å²) in [7, 11) is 0. The molecule has 0 aliphatic carbocycles. The number of carbonyl (C=O) groups excluding carboxylic acids is 1. The van der Waals surface area contributed by atoms with Crippen LogP contribution in [0.2, 0.25) is 0 Å². The molecule has 3 heteroatoms. The van der Waals surface area contributed by atoms with Gasteiger partial charge in [0.25, 0.3) is 0 Å². The van der Waals surface area contributed by atoms with Crippen LogP contribution in [0.1, 0.15) is 20.8 Å². The van der Waals surface area contributed by atoms with Crippen molar-refractivity contribution in [1.82, 2.24) is 0 Å². The Balaban J connectivity index is 2.46. The van der Waals surface area contributed by atoms with E-state index in [2.05, 4.69) is 4.89 Å². The second-order valence-corrected chi connectivity index (χ2v) is 4.02. The van der Waals surface area contributed by atoms with Crippen LogP contribution in [0.15, 0.2) is 30.3 Å². The molecule has 14 heavy (non-hydrogen) atoms. The third-order valence-electron chi connectivity index (χ3n) is 1.57. The van der Waals surface area contributed by atoms with Gasteiger partial charge in [-0.15, -0.1) is 0 Å². The molecule has 0 radical (unpaired) electrons. The van der Waals surface area contributed by atoms with E-state index in [0.29, 0.717) is 5.75 Å². The van der Waals surface area contributed by atoms with Crippen molar-refractivity contribution in [3.8, 4) is 5.75 Å². The van der Waals surface area contributed by atoms with Gasteiger partial charge in [0, 0.05) is 0 Å². The fourth-order valence-electron chi connectivity index (χ4n) is 0.687. The molecule has 0 amide bonds. The number of para-hydroxylation sites is 1. The highest BCUT2D eigenvalue weighted by Gasteiger charge is 2.24. The van der Waals surface area contributed by atoms with Crippen molar-refractivity contribution in [2.75, 3.05) is 0 Å². The Hall–Kier alpha value is -1.51. The predicted octanol–water partition coefficient (Wildman–Crippen LogP) is 2.57. The van der Waals surface area contributed by atoms with Gasteiger partial charge in [-0.25, -0.2) is 9.68 Å². The third-order valence-corrected chi connectivity index (χ3v) is 1.57. The molecule has 1 aromatic carbocycles. The first-order valence-electron chi connectivity index (χ1n) is 4.44. The molecule has 0 aliphatic heterocycles. The van der Waals surface area contributed by atoms with Crippen LogP contribution in [0.5, 0.6) is 5.75 Å². The number of benzene rings is 1. The number of rotatable bonds is 2. The number of hydrogen-bond acceptors (Lipinski definition) is 3. The van der Waals surface area contributed by atoms with E-state index in [4.69, 9.17) is 4.89 Å². The van der Waals surface area contributed by atoms with Crippen LogP contribution in [0.4, 0.5) is 0 Å². The summed E-state index contributed by atoms with van der Waals surface area (Å²) in [5.74, 6) is 0.131. The first-order valence-corrected chi connectivity index (χ1v) is 4.44. The van der Waals surface area contributed by atoms with E-state index in [0.717, 1.165) is 0 Å². The maximum Gasteiger partial charge on any atom is 0.360 e. The molecule has 0 aromatic heterocycles. The first kappa shape index (κ1) is 10.6. The molecule has 0 fully saturated rings. The zero-order valence-corrected chi connectivity index (χ0v) is 8.61. The van der Waals surface area contributed by atoms with Gasteiger partial charge in [0.2, 0.25) is 0 Å². The first-order chi connectivity index (χ1) is 6.50. The van der Waals surface area contributed by atoms with Crippen molar-refractivity contribution in [2.45, 2.75) is 20.8 Å². The van der Waals surface area contributed by atoms with Crippen LogP contribution >= 0.6 is 0 Å². The van der Waals surface area contributed by atoms with Gasteiger partial charge in [-0.05, 0) is 32.9 Å². The highest BCUT2D eigenvalue weighted by atomic mass is 17.2. The molecular weight excluding hydrogens is 180 g/mol. The van der Waals surface area contributed by atoms with Crippen molar-refractivity contribution in [3.63, 3.8) is 0 Å². The molecule has 0 saturated carbocycles. The van der Waals surface area contributed by atoms with Crippen LogP contribution in [0.3, 0.4) is 0 Å². The van der Waals surface area contributed by atoms with Crippen molar-refractivity contribution >= 4 is 5.97 Å². The maximum absolute atomic E-state index is 11.3. The molecule has 0 bridgehead atoms. The molecule has 0 aliphatic rings. The third kappa shape index (κ3) is 3.09. The smallest absolute Gasteiger partial charge is 0.287 e. The molecule has 0 spiro atoms. The second-order valence-electron chi connectivity index (χ2n) is 4.02. The number of carbonyl (C=O) groups is 1. The Morgan fingerprint density at radius 1 is 1.14 bits per heavy atom. The lowest BCUT2D eigenvalue weighted by Crippen LogP contribution is -2.24. The van der Waals surface area contributed by atoms with Gasteiger partial charge in [-0.3, -0.25) is 4.89 Å². The molecule has 0 unspecified atom stereocenters. The summed E-state index contributed by atoms with van der Waals surface area (Å²) in [6, 6.07) is 8.91. The van der Waals surface area contributed by atoms with E-state index in [1.807, 2.05) is 6.07 Å². The van der Waals surface area contributed by atoms with E-state index < -0.39 is 5.41 Å².